The molecule has 4 rings (SSSR count). The fraction of sp³-hybridized carbons (Fsp3) is 0.120. The van der Waals surface area contributed by atoms with Gasteiger partial charge in [-0.1, -0.05) is 59.6 Å². The molecule has 1 N–H and O–H groups in total. The molecule has 0 atom stereocenters. The quantitative estimate of drug-likeness (QED) is 0.281. The van der Waals surface area contributed by atoms with Crippen molar-refractivity contribution >= 4 is 46.2 Å². The van der Waals surface area contributed by atoms with Gasteiger partial charge in [0.25, 0.3) is 0 Å². The second-order valence-corrected chi connectivity index (χ2v) is 8.13. The molecule has 1 heterocycles. The van der Waals surface area contributed by atoms with Crippen LogP contribution in [-0.4, -0.2) is 23.8 Å². The monoisotopic (exact) mass is 465 g/mol. The Morgan fingerprint density at radius 1 is 1.09 bits per heavy atom. The molecule has 1 aromatic heterocycles. The normalized spacial score (nSPS) is 11.2. The van der Waals surface area contributed by atoms with E-state index in [2.05, 4.69) is 15.1 Å². The number of nitrogens with one attached hydrogen (secondary N) is 1. The molecule has 0 radical (unpaired) electrons. The Bertz CT molecular complexity index is 1280. The van der Waals surface area contributed by atoms with Gasteiger partial charge in [0.1, 0.15) is 5.75 Å². The third kappa shape index (κ3) is 5.13. The summed E-state index contributed by atoms with van der Waals surface area (Å²) < 4.78 is 7.24. The number of methoxy groups -OCH3 is 1. The number of rotatable bonds is 7. The molecular formula is C25H21Cl2N3O2. The molecule has 0 aliphatic carbocycles. The molecule has 32 heavy (non-hydrogen) atoms. The van der Waals surface area contributed by atoms with Crippen molar-refractivity contribution in [2.75, 3.05) is 7.11 Å². The summed E-state index contributed by atoms with van der Waals surface area (Å²) in [5, 5.41) is 6.43. The molecule has 1 amide bonds. The minimum absolute atomic E-state index is 0.192. The van der Waals surface area contributed by atoms with Crippen LogP contribution >= 0.6 is 23.2 Å². The molecule has 5 nitrogen and oxygen atoms in total. The SMILES string of the molecule is COc1ccc(CC(=O)NN=Cc2cn(Cc3ccc(Cl)cc3Cl)c3ccccc23)cc1. The fourth-order valence-electron chi connectivity index (χ4n) is 3.48. The van der Waals surface area contributed by atoms with Crippen LogP contribution in [-0.2, 0) is 17.8 Å². The molecule has 0 saturated carbocycles. The molecule has 162 valence electrons. The van der Waals surface area contributed by atoms with Gasteiger partial charge in [-0.05, 0) is 41.5 Å². The zero-order valence-corrected chi connectivity index (χ0v) is 18.9. The number of halogens is 2. The summed E-state index contributed by atoms with van der Waals surface area (Å²) in [6.07, 6.45) is 3.89. The lowest BCUT2D eigenvalue weighted by Gasteiger charge is -2.08. The Balaban J connectivity index is 1.49. The summed E-state index contributed by atoms with van der Waals surface area (Å²) in [6, 6.07) is 20.9. The third-order valence-corrected chi connectivity index (χ3v) is 5.68. The second kappa shape index (κ2) is 9.90. The van der Waals surface area contributed by atoms with Gasteiger partial charge in [-0.15, -0.1) is 0 Å². The van der Waals surface area contributed by atoms with Crippen molar-refractivity contribution in [2.24, 2.45) is 5.10 Å². The lowest BCUT2D eigenvalue weighted by molar-refractivity contribution is -0.120. The highest BCUT2D eigenvalue weighted by Gasteiger charge is 2.10. The van der Waals surface area contributed by atoms with Gasteiger partial charge in [0.2, 0.25) is 5.91 Å². The topological polar surface area (TPSA) is 55.6 Å². The average Bonchev–Trinajstić information content (AvgIpc) is 3.14. The summed E-state index contributed by atoms with van der Waals surface area (Å²) in [5.41, 5.74) is 6.40. The Kier molecular flexibility index (Phi) is 6.78. The zero-order chi connectivity index (χ0) is 22.5. The first-order valence-corrected chi connectivity index (χ1v) is 10.8. The predicted molar refractivity (Wildman–Crippen MR) is 130 cm³/mol. The van der Waals surface area contributed by atoms with Crippen LogP contribution in [0.15, 0.2) is 78.0 Å². The van der Waals surface area contributed by atoms with Crippen molar-refractivity contribution < 1.29 is 9.53 Å². The maximum absolute atomic E-state index is 12.2. The van der Waals surface area contributed by atoms with Crippen LogP contribution in [0, 0.1) is 0 Å². The number of para-hydroxylation sites is 1. The minimum Gasteiger partial charge on any atom is -0.497 e. The van der Waals surface area contributed by atoms with E-state index in [0.717, 1.165) is 33.3 Å². The van der Waals surface area contributed by atoms with Gasteiger partial charge in [-0.3, -0.25) is 4.79 Å². The highest BCUT2D eigenvalue weighted by atomic mass is 35.5. The Morgan fingerprint density at radius 3 is 2.62 bits per heavy atom. The summed E-state index contributed by atoms with van der Waals surface area (Å²) >= 11 is 12.4. The van der Waals surface area contributed by atoms with Gasteiger partial charge in [0.05, 0.1) is 19.7 Å². The molecule has 0 spiro atoms. The number of hydrogen-bond acceptors (Lipinski definition) is 3. The van der Waals surface area contributed by atoms with Crippen LogP contribution in [0.2, 0.25) is 10.0 Å². The standard InChI is InChI=1S/C25H21Cl2N3O2/c1-32-21-10-6-17(7-11-21)12-25(31)29-28-14-19-16-30(24-5-3-2-4-22(19)24)15-18-8-9-20(26)13-23(18)27/h2-11,13-14,16H,12,15H2,1H3,(H,29,31). The molecule has 0 aliphatic heterocycles. The van der Waals surface area contributed by atoms with Crippen LogP contribution in [0.25, 0.3) is 10.9 Å². The summed E-state index contributed by atoms with van der Waals surface area (Å²) in [7, 11) is 1.61. The number of nitrogens with zero attached hydrogens (tertiary/aromatic N) is 2. The van der Waals surface area contributed by atoms with E-state index >= 15 is 0 Å². The molecule has 7 heteroatoms. The lowest BCUT2D eigenvalue weighted by atomic mass is 10.1. The smallest absolute Gasteiger partial charge is 0.244 e. The van der Waals surface area contributed by atoms with Crippen LogP contribution in [0.3, 0.4) is 0 Å². The van der Waals surface area contributed by atoms with Gasteiger partial charge in [-0.25, -0.2) is 5.43 Å². The molecule has 0 bridgehead atoms. The van der Waals surface area contributed by atoms with Crippen LogP contribution < -0.4 is 10.2 Å². The fourth-order valence-corrected chi connectivity index (χ4v) is 3.95. The van der Waals surface area contributed by atoms with Crippen molar-refractivity contribution in [3.63, 3.8) is 0 Å². The minimum atomic E-state index is -0.192. The maximum atomic E-state index is 12.2. The number of benzene rings is 3. The Labute approximate surface area is 196 Å². The first-order chi connectivity index (χ1) is 15.5. The van der Waals surface area contributed by atoms with Gasteiger partial charge in [0, 0.05) is 39.3 Å². The van der Waals surface area contributed by atoms with E-state index in [0.29, 0.717) is 16.6 Å². The van der Waals surface area contributed by atoms with Crippen molar-refractivity contribution in [3.8, 4) is 5.75 Å². The first kappa shape index (κ1) is 21.9. The highest BCUT2D eigenvalue weighted by molar-refractivity contribution is 6.35. The second-order valence-electron chi connectivity index (χ2n) is 7.28. The number of carbonyl (C=O) groups excluding carboxylic acids is 1. The van der Waals surface area contributed by atoms with Gasteiger partial charge >= 0.3 is 0 Å². The molecule has 0 aliphatic rings. The summed E-state index contributed by atoms with van der Waals surface area (Å²) in [5.74, 6) is 0.562. The number of hydrogen-bond donors (Lipinski definition) is 1. The number of aromatic nitrogens is 1. The highest BCUT2D eigenvalue weighted by Crippen LogP contribution is 2.25. The first-order valence-electron chi connectivity index (χ1n) is 10.00. The van der Waals surface area contributed by atoms with Crippen LogP contribution in [0.5, 0.6) is 5.75 Å². The van der Waals surface area contributed by atoms with Crippen molar-refractivity contribution in [3.05, 3.63) is 99.7 Å². The third-order valence-electron chi connectivity index (χ3n) is 5.09. The Hall–Kier alpha value is -3.28. The molecule has 4 aromatic rings. The van der Waals surface area contributed by atoms with E-state index in [4.69, 9.17) is 27.9 Å². The largest absolute Gasteiger partial charge is 0.497 e. The van der Waals surface area contributed by atoms with Gasteiger partial charge in [0.15, 0.2) is 0 Å². The number of fused-ring (bicyclic) bond motifs is 1. The van der Waals surface area contributed by atoms with Crippen molar-refractivity contribution in [2.45, 2.75) is 13.0 Å². The molecular weight excluding hydrogens is 445 g/mol. The van der Waals surface area contributed by atoms with Crippen LogP contribution in [0.1, 0.15) is 16.7 Å². The molecule has 0 unspecified atom stereocenters. The zero-order valence-electron chi connectivity index (χ0n) is 17.4. The van der Waals surface area contributed by atoms with Crippen molar-refractivity contribution in [1.82, 2.24) is 9.99 Å². The molecule has 0 saturated heterocycles. The van der Waals surface area contributed by atoms with E-state index in [9.17, 15) is 4.79 Å². The lowest BCUT2D eigenvalue weighted by Crippen LogP contribution is -2.19. The van der Waals surface area contributed by atoms with E-state index in [1.54, 1.807) is 19.4 Å². The molecule has 3 aromatic carbocycles. The number of carbonyl (C=O) groups is 1. The molecule has 0 fully saturated rings. The Morgan fingerprint density at radius 2 is 1.88 bits per heavy atom. The van der Waals surface area contributed by atoms with Gasteiger partial charge < -0.3 is 9.30 Å². The number of hydrazone groups is 1. The van der Waals surface area contributed by atoms with E-state index in [1.165, 1.54) is 0 Å². The number of ether oxygens (including phenoxy) is 1. The number of amides is 1. The summed E-state index contributed by atoms with van der Waals surface area (Å²) in [4.78, 5) is 12.2. The average molecular weight is 466 g/mol. The van der Waals surface area contributed by atoms with E-state index in [1.807, 2.05) is 66.9 Å². The van der Waals surface area contributed by atoms with Crippen molar-refractivity contribution in [1.29, 1.82) is 0 Å². The van der Waals surface area contributed by atoms with Crippen LogP contribution in [0.4, 0.5) is 0 Å². The van der Waals surface area contributed by atoms with E-state index in [-0.39, 0.29) is 12.3 Å². The van der Waals surface area contributed by atoms with E-state index < -0.39 is 0 Å². The van der Waals surface area contributed by atoms with Gasteiger partial charge in [-0.2, -0.15) is 5.10 Å². The summed E-state index contributed by atoms with van der Waals surface area (Å²) in [6.45, 7) is 0.591. The predicted octanol–water partition coefficient (Wildman–Crippen LogP) is 5.70. The maximum Gasteiger partial charge on any atom is 0.244 e.